The molecule has 0 fully saturated rings. The lowest BCUT2D eigenvalue weighted by molar-refractivity contribution is 0.372. The summed E-state index contributed by atoms with van der Waals surface area (Å²) in [5.74, 6) is 1.93. The first-order valence-corrected chi connectivity index (χ1v) is 9.04. The largest absolute Gasteiger partial charge is 0.361 e. The molecule has 3 rings (SSSR count). The van der Waals surface area contributed by atoms with Crippen LogP contribution >= 0.6 is 24.0 Å². The molecule has 0 aliphatic carbocycles. The Labute approximate surface area is 177 Å². The number of halogens is 1. The predicted octanol–water partition coefficient (Wildman–Crippen LogP) is 4.11. The molecule has 0 saturated heterocycles. The van der Waals surface area contributed by atoms with E-state index in [1.807, 2.05) is 6.07 Å². The van der Waals surface area contributed by atoms with Crippen LogP contribution in [0.15, 0.2) is 40.0 Å². The van der Waals surface area contributed by atoms with Crippen LogP contribution in [-0.4, -0.2) is 29.7 Å². The summed E-state index contributed by atoms with van der Waals surface area (Å²) in [6, 6.07) is 8.38. The minimum Gasteiger partial charge on any atom is -0.361 e. The van der Waals surface area contributed by atoms with E-state index in [0.717, 1.165) is 30.4 Å². The van der Waals surface area contributed by atoms with Crippen LogP contribution in [0, 0.1) is 6.92 Å². The fourth-order valence-corrected chi connectivity index (χ4v) is 2.96. The Morgan fingerprint density at radius 1 is 1.30 bits per heavy atom. The summed E-state index contributed by atoms with van der Waals surface area (Å²) >= 11 is 0. The molecule has 3 N–H and O–H groups in total. The standard InChI is InChI=1S/C20H27N5O.HI/c1-13(2)18-10-16(26-25-18)12-24-20(21-4)22-9-8-15-11-23-19-14(3)6-5-7-17(15)19;/h5-7,10-11,13,23H,8-9,12H2,1-4H3,(H2,21,22,24);1H. The van der Waals surface area contributed by atoms with Crippen molar-refractivity contribution in [2.75, 3.05) is 13.6 Å². The highest BCUT2D eigenvalue weighted by atomic mass is 127. The molecule has 0 radical (unpaired) electrons. The molecule has 0 amide bonds. The number of para-hydroxylation sites is 1. The van der Waals surface area contributed by atoms with Gasteiger partial charge in [-0.3, -0.25) is 4.99 Å². The molecule has 0 unspecified atom stereocenters. The quantitative estimate of drug-likeness (QED) is 0.281. The molecule has 0 saturated carbocycles. The van der Waals surface area contributed by atoms with Crippen LogP contribution in [0.4, 0.5) is 0 Å². The first kappa shape index (κ1) is 21.3. The number of fused-ring (bicyclic) bond motifs is 1. The van der Waals surface area contributed by atoms with E-state index in [-0.39, 0.29) is 24.0 Å². The Morgan fingerprint density at radius 2 is 2.11 bits per heavy atom. The zero-order valence-electron chi connectivity index (χ0n) is 16.3. The summed E-state index contributed by atoms with van der Waals surface area (Å²) in [5.41, 5.74) is 4.77. The van der Waals surface area contributed by atoms with Crippen LogP contribution in [0.2, 0.25) is 0 Å². The molecule has 2 heterocycles. The van der Waals surface area contributed by atoms with E-state index in [1.165, 1.54) is 22.0 Å². The molecule has 1 aromatic carbocycles. The molecule has 0 aliphatic heterocycles. The van der Waals surface area contributed by atoms with Crippen LogP contribution in [0.5, 0.6) is 0 Å². The van der Waals surface area contributed by atoms with Gasteiger partial charge in [0.15, 0.2) is 11.7 Å². The van der Waals surface area contributed by atoms with Crippen LogP contribution in [0.1, 0.15) is 42.3 Å². The summed E-state index contributed by atoms with van der Waals surface area (Å²) < 4.78 is 5.34. The highest BCUT2D eigenvalue weighted by Gasteiger charge is 2.09. The number of H-pyrrole nitrogens is 1. The Morgan fingerprint density at radius 3 is 2.81 bits per heavy atom. The highest BCUT2D eigenvalue weighted by Crippen LogP contribution is 2.21. The monoisotopic (exact) mass is 481 g/mol. The van der Waals surface area contributed by atoms with Gasteiger partial charge in [-0.2, -0.15) is 0 Å². The smallest absolute Gasteiger partial charge is 0.191 e. The Hall–Kier alpha value is -2.03. The molecule has 7 heteroatoms. The third-order valence-corrected chi connectivity index (χ3v) is 4.52. The van der Waals surface area contributed by atoms with Crippen molar-refractivity contribution in [1.82, 2.24) is 20.8 Å². The average Bonchev–Trinajstić information content (AvgIpc) is 3.26. The van der Waals surface area contributed by atoms with Crippen molar-refractivity contribution in [3.63, 3.8) is 0 Å². The van der Waals surface area contributed by atoms with Crippen LogP contribution in [0.25, 0.3) is 10.9 Å². The number of guanidine groups is 1. The lowest BCUT2D eigenvalue weighted by atomic mass is 10.1. The fraction of sp³-hybridized carbons (Fsp3) is 0.400. The van der Waals surface area contributed by atoms with Gasteiger partial charge in [-0.25, -0.2) is 0 Å². The molecular formula is C20H28IN5O. The van der Waals surface area contributed by atoms with E-state index in [1.54, 1.807) is 7.05 Å². The van der Waals surface area contributed by atoms with Crippen LogP contribution in [-0.2, 0) is 13.0 Å². The van der Waals surface area contributed by atoms with E-state index in [0.29, 0.717) is 12.5 Å². The zero-order chi connectivity index (χ0) is 18.5. The SMILES string of the molecule is CN=C(NCCc1c[nH]c2c(C)cccc12)NCc1cc(C(C)C)no1.I. The van der Waals surface area contributed by atoms with Gasteiger partial charge in [-0.1, -0.05) is 37.2 Å². The van der Waals surface area contributed by atoms with Gasteiger partial charge in [0.25, 0.3) is 0 Å². The van der Waals surface area contributed by atoms with Crippen molar-refractivity contribution in [3.8, 4) is 0 Å². The molecule has 2 aromatic heterocycles. The number of benzene rings is 1. The van der Waals surface area contributed by atoms with Crippen molar-refractivity contribution in [2.24, 2.45) is 4.99 Å². The maximum Gasteiger partial charge on any atom is 0.191 e. The number of aryl methyl sites for hydroxylation is 1. The normalized spacial score (nSPS) is 11.7. The van der Waals surface area contributed by atoms with Crippen LogP contribution < -0.4 is 10.6 Å². The molecular weight excluding hydrogens is 453 g/mol. The second-order valence-electron chi connectivity index (χ2n) is 6.79. The first-order valence-electron chi connectivity index (χ1n) is 9.04. The predicted molar refractivity (Wildman–Crippen MR) is 121 cm³/mol. The molecule has 146 valence electrons. The Bertz CT molecular complexity index is 897. The van der Waals surface area contributed by atoms with Gasteiger partial charge in [0.1, 0.15) is 0 Å². The van der Waals surface area contributed by atoms with E-state index in [4.69, 9.17) is 4.52 Å². The number of nitrogens with zero attached hydrogens (tertiary/aromatic N) is 2. The average molecular weight is 481 g/mol. The maximum atomic E-state index is 5.34. The van der Waals surface area contributed by atoms with Crippen LogP contribution in [0.3, 0.4) is 0 Å². The maximum absolute atomic E-state index is 5.34. The number of hydrogen-bond donors (Lipinski definition) is 3. The summed E-state index contributed by atoms with van der Waals surface area (Å²) in [6.45, 7) is 7.68. The van der Waals surface area contributed by atoms with E-state index in [2.05, 4.69) is 70.9 Å². The number of hydrogen-bond acceptors (Lipinski definition) is 3. The van der Waals surface area contributed by atoms with Gasteiger partial charge in [0, 0.05) is 36.8 Å². The van der Waals surface area contributed by atoms with Crippen molar-refractivity contribution in [3.05, 3.63) is 53.0 Å². The van der Waals surface area contributed by atoms with E-state index in [9.17, 15) is 0 Å². The molecule has 0 spiro atoms. The second kappa shape index (κ2) is 9.77. The molecule has 0 bridgehead atoms. The third-order valence-electron chi connectivity index (χ3n) is 4.52. The third kappa shape index (κ3) is 5.24. The molecule has 6 nitrogen and oxygen atoms in total. The number of aliphatic imine (C=N–C) groups is 1. The summed E-state index contributed by atoms with van der Waals surface area (Å²) in [6.07, 6.45) is 3.02. The van der Waals surface area contributed by atoms with Crippen molar-refractivity contribution < 1.29 is 4.52 Å². The molecule has 0 atom stereocenters. The summed E-state index contributed by atoms with van der Waals surface area (Å²) in [7, 11) is 1.77. The zero-order valence-corrected chi connectivity index (χ0v) is 18.6. The topological polar surface area (TPSA) is 78.2 Å². The molecule has 27 heavy (non-hydrogen) atoms. The molecule has 3 aromatic rings. The van der Waals surface area contributed by atoms with Crippen molar-refractivity contribution >= 4 is 40.8 Å². The van der Waals surface area contributed by atoms with Gasteiger partial charge < -0.3 is 20.1 Å². The minimum atomic E-state index is 0. The number of nitrogens with one attached hydrogen (secondary N) is 3. The second-order valence-corrected chi connectivity index (χ2v) is 6.79. The fourth-order valence-electron chi connectivity index (χ4n) is 2.96. The van der Waals surface area contributed by atoms with E-state index < -0.39 is 0 Å². The van der Waals surface area contributed by atoms with Gasteiger partial charge in [0.05, 0.1) is 12.2 Å². The lowest BCUT2D eigenvalue weighted by Crippen LogP contribution is -2.37. The number of rotatable bonds is 6. The number of aromatic nitrogens is 2. The summed E-state index contributed by atoms with van der Waals surface area (Å²) in [4.78, 5) is 7.64. The number of aromatic amines is 1. The highest BCUT2D eigenvalue weighted by molar-refractivity contribution is 14.0. The Balaban J connectivity index is 0.00000261. The van der Waals surface area contributed by atoms with Crippen molar-refractivity contribution in [2.45, 2.75) is 39.7 Å². The van der Waals surface area contributed by atoms with Crippen molar-refractivity contribution in [1.29, 1.82) is 0 Å². The minimum absolute atomic E-state index is 0. The van der Waals surface area contributed by atoms with Gasteiger partial charge in [-0.05, 0) is 30.4 Å². The molecule has 0 aliphatic rings. The van der Waals surface area contributed by atoms with E-state index >= 15 is 0 Å². The van der Waals surface area contributed by atoms with Gasteiger partial charge in [0.2, 0.25) is 0 Å². The summed E-state index contributed by atoms with van der Waals surface area (Å²) in [5, 5.41) is 12.0. The lowest BCUT2D eigenvalue weighted by Gasteiger charge is -2.10. The van der Waals surface area contributed by atoms with Gasteiger partial charge in [-0.15, -0.1) is 24.0 Å². The first-order chi connectivity index (χ1) is 12.6. The van der Waals surface area contributed by atoms with Gasteiger partial charge >= 0.3 is 0 Å². The Kier molecular flexibility index (Phi) is 7.70.